The molecule has 0 N–H and O–H groups in total. The zero-order valence-corrected chi connectivity index (χ0v) is 14.7. The van der Waals surface area contributed by atoms with Gasteiger partial charge in [-0.15, -0.1) is 0 Å². The van der Waals surface area contributed by atoms with Crippen LogP contribution in [0, 0.1) is 5.82 Å². The zero-order valence-electron chi connectivity index (χ0n) is 13.9. The normalized spacial score (nSPS) is 14.1. The first-order chi connectivity index (χ1) is 11.8. The van der Waals surface area contributed by atoms with Gasteiger partial charge in [0.25, 0.3) is 0 Å². The molecule has 0 fully saturated rings. The third-order valence-electron chi connectivity index (χ3n) is 4.26. The molecule has 1 aliphatic heterocycles. The quantitative estimate of drug-likeness (QED) is 0.838. The number of amides is 1. The summed E-state index contributed by atoms with van der Waals surface area (Å²) >= 11 is 0. The molecule has 132 valence electrons. The van der Waals surface area contributed by atoms with E-state index in [-0.39, 0.29) is 18.1 Å². The topological polar surface area (TPSA) is 57.7 Å². The molecule has 25 heavy (non-hydrogen) atoms. The smallest absolute Gasteiger partial charge is 0.243 e. The van der Waals surface area contributed by atoms with Gasteiger partial charge in [0.15, 0.2) is 0 Å². The first-order valence-corrected chi connectivity index (χ1v) is 9.77. The molecule has 1 aliphatic rings. The first kappa shape index (κ1) is 17.4. The Balaban J connectivity index is 1.80. The van der Waals surface area contributed by atoms with Crippen molar-refractivity contribution in [1.29, 1.82) is 0 Å². The van der Waals surface area contributed by atoms with Gasteiger partial charge in [0, 0.05) is 13.1 Å². The molecule has 0 unspecified atom stereocenters. The summed E-state index contributed by atoms with van der Waals surface area (Å²) in [6, 6.07) is 13.1. The monoisotopic (exact) mass is 362 g/mol. The van der Waals surface area contributed by atoms with Crippen molar-refractivity contribution in [2.75, 3.05) is 23.7 Å². The summed E-state index contributed by atoms with van der Waals surface area (Å²) in [7, 11) is -3.71. The molecule has 0 atom stereocenters. The van der Waals surface area contributed by atoms with Crippen LogP contribution in [0.2, 0.25) is 0 Å². The molecule has 0 saturated carbocycles. The van der Waals surface area contributed by atoms with Crippen molar-refractivity contribution in [2.24, 2.45) is 0 Å². The Morgan fingerprint density at radius 1 is 1.16 bits per heavy atom. The highest BCUT2D eigenvalue weighted by Gasteiger charge is 2.26. The molecule has 1 heterocycles. The van der Waals surface area contributed by atoms with Gasteiger partial charge in [-0.3, -0.25) is 9.10 Å². The van der Waals surface area contributed by atoms with Crippen LogP contribution in [0.4, 0.5) is 10.1 Å². The highest BCUT2D eigenvalue weighted by molar-refractivity contribution is 7.92. The van der Waals surface area contributed by atoms with E-state index in [1.807, 2.05) is 24.3 Å². The fraction of sp³-hybridized carbons (Fsp3) is 0.278. The predicted octanol–water partition coefficient (Wildman–Crippen LogP) is 2.18. The van der Waals surface area contributed by atoms with Crippen LogP contribution in [0.1, 0.15) is 11.1 Å². The lowest BCUT2D eigenvalue weighted by Gasteiger charge is -2.31. The van der Waals surface area contributed by atoms with Crippen LogP contribution in [0.3, 0.4) is 0 Å². The summed E-state index contributed by atoms with van der Waals surface area (Å²) in [4.78, 5) is 14.3. The summed E-state index contributed by atoms with van der Waals surface area (Å²) < 4.78 is 38.6. The van der Waals surface area contributed by atoms with E-state index in [1.54, 1.807) is 4.90 Å². The minimum absolute atomic E-state index is 0.147. The lowest BCUT2D eigenvalue weighted by molar-refractivity contribution is -0.130. The van der Waals surface area contributed by atoms with Crippen molar-refractivity contribution in [3.05, 3.63) is 65.5 Å². The number of carbonyl (C=O) groups excluding carboxylic acids is 1. The molecule has 0 spiro atoms. The zero-order chi connectivity index (χ0) is 18.0. The molecule has 1 amide bonds. The highest BCUT2D eigenvalue weighted by Crippen LogP contribution is 2.21. The van der Waals surface area contributed by atoms with E-state index in [0.29, 0.717) is 13.1 Å². The van der Waals surface area contributed by atoms with Crippen molar-refractivity contribution in [2.45, 2.75) is 13.0 Å². The maximum absolute atomic E-state index is 13.5. The third kappa shape index (κ3) is 3.99. The fourth-order valence-electron chi connectivity index (χ4n) is 2.96. The minimum atomic E-state index is -3.71. The molecule has 0 bridgehead atoms. The van der Waals surface area contributed by atoms with Gasteiger partial charge in [0.1, 0.15) is 12.4 Å². The summed E-state index contributed by atoms with van der Waals surface area (Å²) in [6.45, 7) is 0.650. The Labute approximate surface area is 146 Å². The number of fused-ring (bicyclic) bond motifs is 1. The Kier molecular flexibility index (Phi) is 4.76. The van der Waals surface area contributed by atoms with Crippen molar-refractivity contribution >= 4 is 21.6 Å². The molecule has 2 aromatic carbocycles. The van der Waals surface area contributed by atoms with Gasteiger partial charge in [-0.1, -0.05) is 30.3 Å². The Morgan fingerprint density at radius 3 is 2.56 bits per heavy atom. The number of halogens is 1. The van der Waals surface area contributed by atoms with Gasteiger partial charge >= 0.3 is 0 Å². The highest BCUT2D eigenvalue weighted by atomic mass is 32.2. The summed E-state index contributed by atoms with van der Waals surface area (Å²) in [5, 5.41) is 0. The number of nitrogens with zero attached hydrogens (tertiary/aromatic N) is 2. The summed E-state index contributed by atoms with van der Waals surface area (Å²) in [5.41, 5.74) is 2.42. The van der Waals surface area contributed by atoms with Crippen molar-refractivity contribution in [3.63, 3.8) is 0 Å². The molecular formula is C18H19FN2O3S. The van der Waals surface area contributed by atoms with Gasteiger partial charge in [-0.2, -0.15) is 0 Å². The third-order valence-corrected chi connectivity index (χ3v) is 5.40. The maximum Gasteiger partial charge on any atom is 0.243 e. The summed E-state index contributed by atoms with van der Waals surface area (Å²) in [6.07, 6.45) is 1.75. The molecule has 7 heteroatoms. The van der Waals surface area contributed by atoms with Crippen LogP contribution in [0.25, 0.3) is 0 Å². The molecule has 2 aromatic rings. The Morgan fingerprint density at radius 2 is 1.88 bits per heavy atom. The van der Waals surface area contributed by atoms with Crippen LogP contribution in [0.5, 0.6) is 0 Å². The van der Waals surface area contributed by atoms with Gasteiger partial charge in [0.2, 0.25) is 15.9 Å². The molecule has 0 aromatic heterocycles. The van der Waals surface area contributed by atoms with E-state index in [2.05, 4.69) is 0 Å². The van der Waals surface area contributed by atoms with Gasteiger partial charge in [-0.25, -0.2) is 12.8 Å². The maximum atomic E-state index is 13.5. The van der Waals surface area contributed by atoms with Gasteiger partial charge in [-0.05, 0) is 35.7 Å². The van der Waals surface area contributed by atoms with Crippen molar-refractivity contribution < 1.29 is 17.6 Å². The molecule has 5 nitrogen and oxygen atoms in total. The second-order valence-corrected chi connectivity index (χ2v) is 7.99. The SMILES string of the molecule is CS(=O)(=O)N(CC(=O)N1CCc2ccccc2C1)c1cccc(F)c1. The number of sulfonamides is 1. The van der Waals surface area contributed by atoms with Crippen LogP contribution in [-0.4, -0.2) is 38.6 Å². The molecule has 0 saturated heterocycles. The minimum Gasteiger partial charge on any atom is -0.336 e. The largest absolute Gasteiger partial charge is 0.336 e. The van der Waals surface area contributed by atoms with Crippen molar-refractivity contribution in [3.8, 4) is 0 Å². The number of carbonyl (C=O) groups is 1. The Bertz CT molecular complexity index is 899. The number of benzene rings is 2. The number of hydrogen-bond acceptors (Lipinski definition) is 3. The van der Waals surface area contributed by atoms with Crippen LogP contribution in [-0.2, 0) is 27.8 Å². The predicted molar refractivity (Wildman–Crippen MR) is 94.2 cm³/mol. The van der Waals surface area contributed by atoms with Crippen LogP contribution >= 0.6 is 0 Å². The molecule has 0 aliphatic carbocycles. The van der Waals surface area contributed by atoms with E-state index >= 15 is 0 Å². The molecule has 3 rings (SSSR count). The number of hydrogen-bond donors (Lipinski definition) is 0. The van der Waals surface area contributed by atoms with E-state index in [4.69, 9.17) is 0 Å². The van der Waals surface area contributed by atoms with Crippen molar-refractivity contribution in [1.82, 2.24) is 4.90 Å². The van der Waals surface area contributed by atoms with Gasteiger partial charge < -0.3 is 4.90 Å². The Hall–Kier alpha value is -2.41. The van der Waals surface area contributed by atoms with E-state index in [1.165, 1.54) is 23.8 Å². The molecule has 0 radical (unpaired) electrons. The van der Waals surface area contributed by atoms with E-state index in [0.717, 1.165) is 28.6 Å². The average Bonchev–Trinajstić information content (AvgIpc) is 2.58. The van der Waals surface area contributed by atoms with E-state index in [9.17, 15) is 17.6 Å². The average molecular weight is 362 g/mol. The summed E-state index contributed by atoms with van der Waals surface area (Å²) in [5.74, 6) is -0.852. The number of anilines is 1. The molecular weight excluding hydrogens is 343 g/mol. The fourth-order valence-corrected chi connectivity index (χ4v) is 3.80. The lowest BCUT2D eigenvalue weighted by Crippen LogP contribution is -2.44. The van der Waals surface area contributed by atoms with Gasteiger partial charge in [0.05, 0.1) is 11.9 Å². The van der Waals surface area contributed by atoms with Crippen LogP contribution in [0.15, 0.2) is 48.5 Å². The van der Waals surface area contributed by atoms with Crippen LogP contribution < -0.4 is 4.31 Å². The van der Waals surface area contributed by atoms with E-state index < -0.39 is 15.8 Å². The lowest BCUT2D eigenvalue weighted by atomic mass is 10.00. The second kappa shape index (κ2) is 6.84. The number of rotatable bonds is 4. The standard InChI is InChI=1S/C18H19FN2O3S/c1-25(23,24)21(17-8-4-7-16(19)11-17)13-18(22)20-10-9-14-5-2-3-6-15(14)12-20/h2-8,11H,9-10,12-13H2,1H3. The second-order valence-electron chi connectivity index (χ2n) is 6.08. The first-order valence-electron chi connectivity index (χ1n) is 7.92.